The van der Waals surface area contributed by atoms with E-state index < -0.39 is 0 Å². The molecular formula is C68H64Se. The van der Waals surface area contributed by atoms with Gasteiger partial charge in [0.25, 0.3) is 0 Å². The van der Waals surface area contributed by atoms with Crippen LogP contribution in [0.4, 0.5) is 0 Å². The minimum Gasteiger partial charge on any atom is -0.0561 e. The van der Waals surface area contributed by atoms with Gasteiger partial charge in [0.1, 0.15) is 0 Å². The van der Waals surface area contributed by atoms with E-state index in [2.05, 4.69) is 253 Å². The van der Waals surface area contributed by atoms with E-state index in [0.717, 1.165) is 0 Å². The number of fused-ring (bicyclic) bond motifs is 7. The van der Waals surface area contributed by atoms with Gasteiger partial charge in [0.2, 0.25) is 0 Å². The standard InChI is InChI=1S/C68H64Se/c1-65(2,3)44-34-42(35-45(39-44)66(4,5)6)61-50-24-15-13-22-48(50)60(49-23-14-16-25-51(49)61)41-32-33-58-57(38-41)64-56(30-21-31-59(64)69-58)63-54-28-19-17-26-52(54)62(53-27-18-20-29-55(53)63)43-36-46(67(7,8)9)40-47(37-43)68(10,11)12/h13-40H,1-12H3. The molecule has 0 aliphatic heterocycles. The molecule has 0 aliphatic rings. The Labute approximate surface area is 415 Å². The molecule has 0 unspecified atom stereocenters. The summed E-state index contributed by atoms with van der Waals surface area (Å²) < 4.78 is 2.90. The fourth-order valence-electron chi connectivity index (χ4n) is 10.9. The van der Waals surface area contributed by atoms with E-state index in [9.17, 15) is 0 Å². The Morgan fingerprint density at radius 1 is 0.261 bits per heavy atom. The fraction of sp³-hybridized carbons (Fsp3) is 0.235. The normalized spacial score (nSPS) is 12.9. The second kappa shape index (κ2) is 16.2. The number of rotatable bonds is 4. The van der Waals surface area contributed by atoms with Crippen LogP contribution >= 0.6 is 0 Å². The van der Waals surface area contributed by atoms with Crippen LogP contribution in [-0.4, -0.2) is 14.5 Å². The van der Waals surface area contributed by atoms with Crippen LogP contribution in [0, 0.1) is 0 Å². The van der Waals surface area contributed by atoms with Crippen LogP contribution in [-0.2, 0) is 21.7 Å². The quantitative estimate of drug-likeness (QED) is 0.122. The molecule has 0 nitrogen and oxygen atoms in total. The molecule has 342 valence electrons. The van der Waals surface area contributed by atoms with E-state index in [-0.39, 0.29) is 36.2 Å². The molecule has 0 saturated carbocycles. The zero-order chi connectivity index (χ0) is 48.4. The molecule has 1 heteroatoms. The van der Waals surface area contributed by atoms with Crippen molar-refractivity contribution in [3.8, 4) is 44.5 Å². The van der Waals surface area contributed by atoms with Crippen LogP contribution in [0.1, 0.15) is 105 Å². The van der Waals surface area contributed by atoms with Crippen molar-refractivity contribution < 1.29 is 0 Å². The fourth-order valence-corrected chi connectivity index (χ4v) is 13.3. The molecule has 0 bridgehead atoms. The van der Waals surface area contributed by atoms with Gasteiger partial charge in [0, 0.05) is 0 Å². The second-order valence-electron chi connectivity index (χ2n) is 23.8. The molecule has 1 heterocycles. The predicted molar refractivity (Wildman–Crippen MR) is 305 cm³/mol. The molecular weight excluding hydrogens is 896 g/mol. The van der Waals surface area contributed by atoms with Gasteiger partial charge < -0.3 is 0 Å². The zero-order valence-electron chi connectivity index (χ0n) is 42.6. The van der Waals surface area contributed by atoms with Crippen molar-refractivity contribution in [2.75, 3.05) is 0 Å². The van der Waals surface area contributed by atoms with Crippen molar-refractivity contribution >= 4 is 76.9 Å². The van der Waals surface area contributed by atoms with Gasteiger partial charge in [0.15, 0.2) is 0 Å². The minimum absolute atomic E-state index is 0.00889. The van der Waals surface area contributed by atoms with Crippen LogP contribution in [0.5, 0.6) is 0 Å². The molecule has 11 rings (SSSR count). The molecule has 69 heavy (non-hydrogen) atoms. The van der Waals surface area contributed by atoms with E-state index >= 15 is 0 Å². The first-order valence-electron chi connectivity index (χ1n) is 24.9. The summed E-state index contributed by atoms with van der Waals surface area (Å²) in [4.78, 5) is 0. The summed E-state index contributed by atoms with van der Waals surface area (Å²) in [6, 6.07) is 66.0. The van der Waals surface area contributed by atoms with Crippen molar-refractivity contribution in [2.45, 2.75) is 105 Å². The van der Waals surface area contributed by atoms with Crippen molar-refractivity contribution in [1.29, 1.82) is 0 Å². The van der Waals surface area contributed by atoms with E-state index in [0.29, 0.717) is 0 Å². The third-order valence-corrected chi connectivity index (χ3v) is 17.2. The number of hydrogen-bond acceptors (Lipinski definition) is 0. The first-order chi connectivity index (χ1) is 32.8. The summed E-state index contributed by atoms with van der Waals surface area (Å²) in [5.74, 6) is 0. The summed E-state index contributed by atoms with van der Waals surface area (Å²) >= 11 is 0.179. The summed E-state index contributed by atoms with van der Waals surface area (Å²) in [6.45, 7) is 28.1. The second-order valence-corrected chi connectivity index (χ2v) is 26.0. The van der Waals surface area contributed by atoms with Crippen molar-refractivity contribution in [3.63, 3.8) is 0 Å². The van der Waals surface area contributed by atoms with Crippen LogP contribution in [0.25, 0.3) is 107 Å². The van der Waals surface area contributed by atoms with E-state index in [1.807, 2.05) is 0 Å². The Balaban J connectivity index is 1.18. The average Bonchev–Trinajstić information content (AvgIpc) is 3.69. The molecule has 0 radical (unpaired) electrons. The molecule has 0 spiro atoms. The van der Waals surface area contributed by atoms with Crippen LogP contribution in [0.15, 0.2) is 170 Å². The SMILES string of the molecule is CC(C)(C)c1cc(-c2c3ccccc3c(-c3ccc4[se]c5cccc(-c6c7ccccc7c(-c7cc(C(C)(C)C)cc(C(C)(C)C)c7)c7ccccc67)c5c4c3)c3ccccc23)cc(C(C)(C)C)c1. The Kier molecular flexibility index (Phi) is 10.6. The monoisotopic (exact) mass is 960 g/mol. The maximum absolute atomic E-state index is 2.54. The van der Waals surface area contributed by atoms with E-state index in [1.165, 1.54) is 129 Å². The molecule has 0 saturated heterocycles. The van der Waals surface area contributed by atoms with Crippen molar-refractivity contribution in [2.24, 2.45) is 0 Å². The van der Waals surface area contributed by atoms with Gasteiger partial charge in [-0.3, -0.25) is 0 Å². The van der Waals surface area contributed by atoms with Gasteiger partial charge in [0.05, 0.1) is 0 Å². The number of benzene rings is 10. The Morgan fingerprint density at radius 2 is 0.594 bits per heavy atom. The topological polar surface area (TPSA) is 0 Å². The summed E-state index contributed by atoms with van der Waals surface area (Å²) in [7, 11) is 0. The average molecular weight is 960 g/mol. The zero-order valence-corrected chi connectivity index (χ0v) is 44.3. The minimum atomic E-state index is 0.00889. The van der Waals surface area contributed by atoms with Crippen LogP contribution in [0.3, 0.4) is 0 Å². The van der Waals surface area contributed by atoms with Crippen LogP contribution < -0.4 is 0 Å². The molecule has 10 aromatic carbocycles. The number of hydrogen-bond donors (Lipinski definition) is 0. The van der Waals surface area contributed by atoms with Gasteiger partial charge in [-0.05, 0) is 0 Å². The van der Waals surface area contributed by atoms with Gasteiger partial charge in [-0.25, -0.2) is 0 Å². The third-order valence-electron chi connectivity index (χ3n) is 14.8. The smallest absolute Gasteiger partial charge is 0.0561 e. The van der Waals surface area contributed by atoms with Gasteiger partial charge >= 0.3 is 377 Å². The first-order valence-corrected chi connectivity index (χ1v) is 26.6. The summed E-state index contributed by atoms with van der Waals surface area (Å²) in [5, 5.41) is 13.1. The molecule has 0 aliphatic carbocycles. The summed E-state index contributed by atoms with van der Waals surface area (Å²) in [5.41, 5.74) is 16.0. The molecule has 0 atom stereocenters. The van der Waals surface area contributed by atoms with Gasteiger partial charge in [-0.15, -0.1) is 0 Å². The third kappa shape index (κ3) is 7.74. The first kappa shape index (κ1) is 45.2. The predicted octanol–water partition coefficient (Wildman–Crippen LogP) is 19.5. The van der Waals surface area contributed by atoms with E-state index in [4.69, 9.17) is 0 Å². The van der Waals surface area contributed by atoms with Crippen LogP contribution in [0.2, 0.25) is 0 Å². The van der Waals surface area contributed by atoms with Crippen molar-refractivity contribution in [1.82, 2.24) is 0 Å². The molecule has 0 N–H and O–H groups in total. The Bertz CT molecular complexity index is 3680. The van der Waals surface area contributed by atoms with E-state index in [1.54, 1.807) is 0 Å². The molecule has 0 fully saturated rings. The van der Waals surface area contributed by atoms with Gasteiger partial charge in [-0.2, -0.15) is 0 Å². The summed E-state index contributed by atoms with van der Waals surface area (Å²) in [6.07, 6.45) is 0. The maximum atomic E-state index is 2.54. The van der Waals surface area contributed by atoms with Crippen molar-refractivity contribution in [3.05, 3.63) is 192 Å². The molecule has 11 aromatic rings. The molecule has 1 aromatic heterocycles. The molecule has 0 amide bonds. The Morgan fingerprint density at radius 3 is 0.942 bits per heavy atom. The Hall–Kier alpha value is -6.24. The van der Waals surface area contributed by atoms with Gasteiger partial charge in [-0.1, -0.05) is 41.5 Å².